The van der Waals surface area contributed by atoms with Crippen molar-refractivity contribution in [1.82, 2.24) is 4.90 Å². The Morgan fingerprint density at radius 2 is 1.81 bits per heavy atom. The Kier molecular flexibility index (Phi) is 5.64. The second kappa shape index (κ2) is 8.12. The molecule has 27 heavy (non-hydrogen) atoms. The molecule has 0 saturated carbocycles. The molecule has 2 aromatic carbocycles. The lowest BCUT2D eigenvalue weighted by atomic mass is 10.1. The van der Waals surface area contributed by atoms with Crippen LogP contribution in [0.25, 0.3) is 0 Å². The summed E-state index contributed by atoms with van der Waals surface area (Å²) in [6, 6.07) is 14.4. The van der Waals surface area contributed by atoms with E-state index in [4.69, 9.17) is 4.74 Å². The molecule has 0 bridgehead atoms. The highest BCUT2D eigenvalue weighted by molar-refractivity contribution is 5.96. The minimum absolute atomic E-state index is 0.108. The number of anilines is 1. The lowest BCUT2D eigenvalue weighted by Crippen LogP contribution is -2.46. The summed E-state index contributed by atoms with van der Waals surface area (Å²) in [7, 11) is 3.09. The third-order valence-electron chi connectivity index (χ3n) is 4.68. The van der Waals surface area contributed by atoms with E-state index in [0.717, 1.165) is 24.5 Å². The van der Waals surface area contributed by atoms with Gasteiger partial charge in [0.2, 0.25) is 0 Å². The maximum absolute atomic E-state index is 12.7. The molecule has 6 nitrogen and oxygen atoms in total. The third-order valence-corrected chi connectivity index (χ3v) is 4.68. The predicted molar refractivity (Wildman–Crippen MR) is 103 cm³/mol. The number of hydrogen-bond donors (Lipinski definition) is 0. The molecule has 1 amide bonds. The largest absolute Gasteiger partial charge is 0.485 e. The quantitative estimate of drug-likeness (QED) is 0.760. The second-order valence-electron chi connectivity index (χ2n) is 6.50. The normalized spacial score (nSPS) is 15.5. The van der Waals surface area contributed by atoms with E-state index in [0.29, 0.717) is 17.7 Å². The number of para-hydroxylation sites is 2. The van der Waals surface area contributed by atoms with E-state index in [-0.39, 0.29) is 12.0 Å². The molecule has 0 aliphatic carbocycles. The van der Waals surface area contributed by atoms with Gasteiger partial charge in [-0.15, -0.1) is 0 Å². The number of fused-ring (bicyclic) bond motifs is 1. The number of likely N-dealkylation sites (N-methyl/N-ethyl adjacent to an activating group) is 2. The Morgan fingerprint density at radius 3 is 2.48 bits per heavy atom. The number of benzene rings is 2. The molecular formula is C21H24N2O4. The van der Waals surface area contributed by atoms with Crippen molar-refractivity contribution in [2.24, 2.45) is 0 Å². The summed E-state index contributed by atoms with van der Waals surface area (Å²) >= 11 is 0. The zero-order valence-electron chi connectivity index (χ0n) is 15.8. The van der Waals surface area contributed by atoms with Crippen LogP contribution >= 0.6 is 0 Å². The van der Waals surface area contributed by atoms with E-state index >= 15 is 0 Å². The van der Waals surface area contributed by atoms with Crippen LogP contribution in [-0.4, -0.2) is 56.7 Å². The smallest absolute Gasteiger partial charge is 0.337 e. The first-order valence-electron chi connectivity index (χ1n) is 8.98. The predicted octanol–water partition coefficient (Wildman–Crippen LogP) is 2.83. The van der Waals surface area contributed by atoms with Crippen LogP contribution in [0.4, 0.5) is 5.69 Å². The van der Waals surface area contributed by atoms with Gasteiger partial charge in [-0.05, 0) is 43.3 Å². The number of carbonyl (C=O) groups excluding carboxylic acids is 2. The molecule has 0 aromatic heterocycles. The van der Waals surface area contributed by atoms with Crippen molar-refractivity contribution in [2.45, 2.75) is 13.0 Å². The van der Waals surface area contributed by atoms with Crippen molar-refractivity contribution in [3.8, 4) is 5.75 Å². The fourth-order valence-electron chi connectivity index (χ4n) is 3.25. The van der Waals surface area contributed by atoms with Gasteiger partial charge in [0, 0.05) is 19.2 Å². The monoisotopic (exact) mass is 368 g/mol. The van der Waals surface area contributed by atoms with E-state index in [1.807, 2.05) is 24.3 Å². The van der Waals surface area contributed by atoms with Crippen LogP contribution in [0.5, 0.6) is 5.75 Å². The first-order valence-corrected chi connectivity index (χ1v) is 8.98. The topological polar surface area (TPSA) is 59.1 Å². The summed E-state index contributed by atoms with van der Waals surface area (Å²) < 4.78 is 10.8. The molecule has 6 heteroatoms. The molecule has 0 N–H and O–H groups in total. The summed E-state index contributed by atoms with van der Waals surface area (Å²) in [5.41, 5.74) is 2.03. The molecule has 0 spiro atoms. The summed E-state index contributed by atoms with van der Waals surface area (Å²) in [5, 5.41) is 0. The SMILES string of the molecule is CCN1C[C@@H](CN(C)C(=O)c2ccc(C(=O)OC)cc2)Oc2ccccc21. The first-order chi connectivity index (χ1) is 13.0. The number of ether oxygens (including phenoxy) is 2. The van der Waals surface area contributed by atoms with Gasteiger partial charge in [0.1, 0.15) is 11.9 Å². The van der Waals surface area contributed by atoms with Gasteiger partial charge < -0.3 is 19.3 Å². The van der Waals surface area contributed by atoms with Gasteiger partial charge in [0.15, 0.2) is 0 Å². The third kappa shape index (κ3) is 4.05. The van der Waals surface area contributed by atoms with Crippen LogP contribution in [0.1, 0.15) is 27.6 Å². The Morgan fingerprint density at radius 1 is 1.15 bits per heavy atom. The van der Waals surface area contributed by atoms with E-state index in [9.17, 15) is 9.59 Å². The average molecular weight is 368 g/mol. The molecule has 142 valence electrons. The van der Waals surface area contributed by atoms with Crippen LogP contribution in [0.2, 0.25) is 0 Å². The lowest BCUT2D eigenvalue weighted by molar-refractivity contribution is 0.0599. The number of methoxy groups -OCH3 is 1. The maximum atomic E-state index is 12.7. The van der Waals surface area contributed by atoms with Crippen molar-refractivity contribution >= 4 is 17.6 Å². The number of amides is 1. The standard InChI is InChI=1S/C21H24N2O4/c1-4-23-14-17(27-19-8-6-5-7-18(19)23)13-22(2)20(24)15-9-11-16(12-10-15)21(25)26-3/h5-12,17H,4,13-14H2,1-3H3/t17-/m1/s1. The molecule has 0 unspecified atom stereocenters. The minimum Gasteiger partial charge on any atom is -0.485 e. The molecule has 0 fully saturated rings. The number of carbonyl (C=O) groups is 2. The Hall–Kier alpha value is -3.02. The first kappa shape index (κ1) is 18.8. The maximum Gasteiger partial charge on any atom is 0.337 e. The van der Waals surface area contributed by atoms with E-state index in [1.54, 1.807) is 36.2 Å². The molecule has 1 heterocycles. The van der Waals surface area contributed by atoms with Gasteiger partial charge in [0.25, 0.3) is 5.91 Å². The van der Waals surface area contributed by atoms with Crippen LogP contribution in [0, 0.1) is 0 Å². The van der Waals surface area contributed by atoms with E-state index in [2.05, 4.69) is 16.6 Å². The number of esters is 1. The Labute approximate surface area is 159 Å². The van der Waals surface area contributed by atoms with Gasteiger partial charge in [0.05, 0.1) is 31.5 Å². The Bertz CT molecular complexity index is 819. The zero-order chi connectivity index (χ0) is 19.4. The van der Waals surface area contributed by atoms with E-state index < -0.39 is 5.97 Å². The van der Waals surface area contributed by atoms with Crippen molar-refractivity contribution in [3.05, 3.63) is 59.7 Å². The zero-order valence-corrected chi connectivity index (χ0v) is 15.8. The van der Waals surface area contributed by atoms with Gasteiger partial charge in [-0.25, -0.2) is 4.79 Å². The van der Waals surface area contributed by atoms with Crippen LogP contribution in [0.15, 0.2) is 48.5 Å². The number of hydrogen-bond acceptors (Lipinski definition) is 5. The fraction of sp³-hybridized carbons (Fsp3) is 0.333. The average Bonchev–Trinajstić information content (AvgIpc) is 2.72. The van der Waals surface area contributed by atoms with Crippen molar-refractivity contribution in [3.63, 3.8) is 0 Å². The molecule has 2 aromatic rings. The molecule has 0 saturated heterocycles. The van der Waals surface area contributed by atoms with Crippen LogP contribution in [0.3, 0.4) is 0 Å². The molecular weight excluding hydrogens is 344 g/mol. The molecule has 3 rings (SSSR count). The van der Waals surface area contributed by atoms with Crippen LogP contribution in [-0.2, 0) is 4.74 Å². The molecule has 0 radical (unpaired) electrons. The number of rotatable bonds is 5. The van der Waals surface area contributed by atoms with Gasteiger partial charge in [-0.3, -0.25) is 4.79 Å². The molecule has 1 atom stereocenters. The lowest BCUT2D eigenvalue weighted by Gasteiger charge is -2.37. The summed E-state index contributed by atoms with van der Waals surface area (Å²) in [6.07, 6.45) is -0.108. The van der Waals surface area contributed by atoms with E-state index in [1.165, 1.54) is 7.11 Å². The highest BCUT2D eigenvalue weighted by atomic mass is 16.5. The highest BCUT2D eigenvalue weighted by Crippen LogP contribution is 2.32. The van der Waals surface area contributed by atoms with Gasteiger partial charge in [-0.1, -0.05) is 12.1 Å². The fourth-order valence-corrected chi connectivity index (χ4v) is 3.25. The minimum atomic E-state index is -0.420. The van der Waals surface area contributed by atoms with Gasteiger partial charge >= 0.3 is 5.97 Å². The van der Waals surface area contributed by atoms with Crippen LogP contribution < -0.4 is 9.64 Å². The summed E-state index contributed by atoms with van der Waals surface area (Å²) in [5.74, 6) is 0.312. The van der Waals surface area contributed by atoms with Crippen molar-refractivity contribution in [2.75, 3.05) is 38.7 Å². The highest BCUT2D eigenvalue weighted by Gasteiger charge is 2.27. The summed E-state index contributed by atoms with van der Waals surface area (Å²) in [4.78, 5) is 28.1. The van der Waals surface area contributed by atoms with Crippen molar-refractivity contribution < 1.29 is 19.1 Å². The number of nitrogens with zero attached hydrogens (tertiary/aromatic N) is 2. The molecule has 1 aliphatic heterocycles. The molecule has 1 aliphatic rings. The van der Waals surface area contributed by atoms with Gasteiger partial charge in [-0.2, -0.15) is 0 Å². The Balaban J connectivity index is 1.67. The summed E-state index contributed by atoms with van der Waals surface area (Å²) in [6.45, 7) is 4.19. The second-order valence-corrected chi connectivity index (χ2v) is 6.50. The van der Waals surface area contributed by atoms with Crippen molar-refractivity contribution in [1.29, 1.82) is 0 Å².